The van der Waals surface area contributed by atoms with Gasteiger partial charge in [0, 0.05) is 23.7 Å². The maximum Gasteiger partial charge on any atom is 0.187 e. The van der Waals surface area contributed by atoms with Crippen LogP contribution in [0.4, 0.5) is 0 Å². The number of nitrogens with one attached hydrogen (secondary N) is 1. The SMILES string of the molecule is Cc1ccnc(SCCC(C)(C#N)NC2CC2)n1. The van der Waals surface area contributed by atoms with Gasteiger partial charge in [-0.2, -0.15) is 5.26 Å². The Morgan fingerprint density at radius 1 is 1.61 bits per heavy atom. The summed E-state index contributed by atoms with van der Waals surface area (Å²) in [6, 6.07) is 4.82. The zero-order chi connectivity index (χ0) is 13.0. The average molecular weight is 262 g/mol. The molecule has 1 N–H and O–H groups in total. The molecule has 0 amide bonds. The highest BCUT2D eigenvalue weighted by atomic mass is 32.2. The third-order valence-electron chi connectivity index (χ3n) is 2.95. The fourth-order valence-electron chi connectivity index (χ4n) is 1.68. The van der Waals surface area contributed by atoms with Crippen molar-refractivity contribution in [2.24, 2.45) is 0 Å². The van der Waals surface area contributed by atoms with E-state index in [9.17, 15) is 5.26 Å². The maximum atomic E-state index is 9.25. The molecule has 5 heteroatoms. The number of nitrogens with zero attached hydrogens (tertiary/aromatic N) is 3. The first-order valence-corrected chi connectivity index (χ1v) is 7.21. The lowest BCUT2D eigenvalue weighted by molar-refractivity contribution is 0.433. The van der Waals surface area contributed by atoms with Gasteiger partial charge in [0.2, 0.25) is 0 Å². The van der Waals surface area contributed by atoms with Crippen molar-refractivity contribution in [2.75, 3.05) is 5.75 Å². The monoisotopic (exact) mass is 262 g/mol. The van der Waals surface area contributed by atoms with Gasteiger partial charge in [-0.3, -0.25) is 5.32 Å². The molecule has 0 aromatic carbocycles. The van der Waals surface area contributed by atoms with Crippen molar-refractivity contribution in [1.29, 1.82) is 5.26 Å². The van der Waals surface area contributed by atoms with E-state index in [4.69, 9.17) is 0 Å². The molecule has 0 bridgehead atoms. The summed E-state index contributed by atoms with van der Waals surface area (Å²) >= 11 is 1.61. The number of hydrogen-bond acceptors (Lipinski definition) is 5. The fraction of sp³-hybridized carbons (Fsp3) is 0.615. The molecule has 1 aliphatic rings. The second-order valence-electron chi connectivity index (χ2n) is 4.94. The normalized spacial score (nSPS) is 18.1. The Hall–Kier alpha value is -1.12. The Labute approximate surface area is 112 Å². The zero-order valence-corrected chi connectivity index (χ0v) is 11.6. The summed E-state index contributed by atoms with van der Waals surface area (Å²) in [4.78, 5) is 8.55. The van der Waals surface area contributed by atoms with Crippen LogP contribution in [0.3, 0.4) is 0 Å². The minimum atomic E-state index is -0.419. The number of rotatable bonds is 6. The molecule has 18 heavy (non-hydrogen) atoms. The van der Waals surface area contributed by atoms with Crippen molar-refractivity contribution in [3.63, 3.8) is 0 Å². The number of nitriles is 1. The van der Waals surface area contributed by atoms with Gasteiger partial charge in [0.1, 0.15) is 5.54 Å². The summed E-state index contributed by atoms with van der Waals surface area (Å²) in [7, 11) is 0. The lowest BCUT2D eigenvalue weighted by atomic mass is 10.0. The van der Waals surface area contributed by atoms with E-state index < -0.39 is 5.54 Å². The van der Waals surface area contributed by atoms with E-state index in [-0.39, 0.29) is 0 Å². The Morgan fingerprint density at radius 2 is 2.39 bits per heavy atom. The molecule has 96 valence electrons. The molecule has 1 unspecified atom stereocenters. The number of thioether (sulfide) groups is 1. The Balaban J connectivity index is 1.81. The van der Waals surface area contributed by atoms with Crippen LogP contribution in [0.15, 0.2) is 17.4 Å². The van der Waals surface area contributed by atoms with Crippen LogP contribution in [-0.4, -0.2) is 27.3 Å². The highest BCUT2D eigenvalue weighted by Crippen LogP contribution is 2.25. The standard InChI is InChI=1S/C13H18N4S/c1-10-5-7-15-12(16-10)18-8-6-13(2,9-14)17-11-3-4-11/h5,7,11,17H,3-4,6,8H2,1-2H3. The van der Waals surface area contributed by atoms with E-state index >= 15 is 0 Å². The summed E-state index contributed by atoms with van der Waals surface area (Å²) in [5, 5.41) is 13.4. The highest BCUT2D eigenvalue weighted by molar-refractivity contribution is 7.99. The van der Waals surface area contributed by atoms with Crippen LogP contribution in [0.5, 0.6) is 0 Å². The zero-order valence-electron chi connectivity index (χ0n) is 10.8. The number of aryl methyl sites for hydroxylation is 1. The van der Waals surface area contributed by atoms with E-state index in [0.29, 0.717) is 6.04 Å². The molecule has 0 radical (unpaired) electrons. The largest absolute Gasteiger partial charge is 0.297 e. The van der Waals surface area contributed by atoms with Gasteiger partial charge in [-0.15, -0.1) is 0 Å². The van der Waals surface area contributed by atoms with E-state index in [0.717, 1.165) is 23.0 Å². The van der Waals surface area contributed by atoms with Crippen molar-refractivity contribution in [3.05, 3.63) is 18.0 Å². The fourth-order valence-corrected chi connectivity index (χ4v) is 2.72. The summed E-state index contributed by atoms with van der Waals surface area (Å²) in [5.41, 5.74) is 0.560. The van der Waals surface area contributed by atoms with Crippen LogP contribution in [0, 0.1) is 18.3 Å². The second kappa shape index (κ2) is 5.68. The third kappa shape index (κ3) is 3.97. The molecule has 0 saturated heterocycles. The maximum absolute atomic E-state index is 9.25. The van der Waals surface area contributed by atoms with Gasteiger partial charge in [0.05, 0.1) is 6.07 Å². The molecule has 1 aromatic heterocycles. The first-order valence-electron chi connectivity index (χ1n) is 6.23. The van der Waals surface area contributed by atoms with Gasteiger partial charge in [-0.25, -0.2) is 9.97 Å². The predicted octanol–water partition coefficient (Wildman–Crippen LogP) is 2.30. The molecule has 1 saturated carbocycles. The molecule has 1 aromatic rings. The minimum Gasteiger partial charge on any atom is -0.297 e. The molecular formula is C13H18N4S. The molecule has 1 fully saturated rings. The van der Waals surface area contributed by atoms with Gasteiger partial charge in [-0.1, -0.05) is 11.8 Å². The molecule has 4 nitrogen and oxygen atoms in total. The number of aromatic nitrogens is 2. The predicted molar refractivity (Wildman–Crippen MR) is 72.3 cm³/mol. The molecule has 1 atom stereocenters. The van der Waals surface area contributed by atoms with Gasteiger partial charge in [-0.05, 0) is 39.2 Å². The van der Waals surface area contributed by atoms with Crippen LogP contribution >= 0.6 is 11.8 Å². The summed E-state index contributed by atoms with van der Waals surface area (Å²) in [6.45, 7) is 3.93. The van der Waals surface area contributed by atoms with Gasteiger partial charge < -0.3 is 0 Å². The lowest BCUT2D eigenvalue weighted by Crippen LogP contribution is -2.42. The summed E-state index contributed by atoms with van der Waals surface area (Å²) in [5.74, 6) is 0.854. The van der Waals surface area contributed by atoms with E-state index in [1.807, 2.05) is 19.9 Å². The first-order chi connectivity index (χ1) is 8.61. The van der Waals surface area contributed by atoms with Crippen LogP contribution in [-0.2, 0) is 0 Å². The third-order valence-corrected chi connectivity index (χ3v) is 3.82. The molecular weight excluding hydrogens is 244 g/mol. The van der Waals surface area contributed by atoms with Crippen molar-refractivity contribution in [2.45, 2.75) is 49.8 Å². The molecule has 1 aliphatic carbocycles. The highest BCUT2D eigenvalue weighted by Gasteiger charge is 2.32. The first kappa shape index (κ1) is 13.3. The summed E-state index contributed by atoms with van der Waals surface area (Å²) in [6.07, 6.45) is 4.98. The van der Waals surface area contributed by atoms with Crippen LogP contribution in [0.25, 0.3) is 0 Å². The molecule has 0 spiro atoms. The van der Waals surface area contributed by atoms with Crippen LogP contribution in [0.2, 0.25) is 0 Å². The Kier molecular flexibility index (Phi) is 4.20. The second-order valence-corrected chi connectivity index (χ2v) is 6.00. The van der Waals surface area contributed by atoms with Crippen molar-refractivity contribution < 1.29 is 0 Å². The van der Waals surface area contributed by atoms with Gasteiger partial charge >= 0.3 is 0 Å². The summed E-state index contributed by atoms with van der Waals surface area (Å²) < 4.78 is 0. The van der Waals surface area contributed by atoms with Crippen LogP contribution in [0.1, 0.15) is 31.9 Å². The molecule has 2 rings (SSSR count). The quantitative estimate of drug-likeness (QED) is 0.629. The van der Waals surface area contributed by atoms with Gasteiger partial charge in [0.25, 0.3) is 0 Å². The minimum absolute atomic E-state index is 0.419. The molecule has 1 heterocycles. The topological polar surface area (TPSA) is 61.6 Å². The average Bonchev–Trinajstić information content (AvgIpc) is 3.13. The molecule has 0 aliphatic heterocycles. The van der Waals surface area contributed by atoms with E-state index in [1.54, 1.807) is 18.0 Å². The Bertz CT molecular complexity index is 453. The van der Waals surface area contributed by atoms with Crippen molar-refractivity contribution in [3.8, 4) is 6.07 Å². The van der Waals surface area contributed by atoms with Crippen LogP contribution < -0.4 is 5.32 Å². The number of hydrogen-bond donors (Lipinski definition) is 1. The van der Waals surface area contributed by atoms with Gasteiger partial charge in [0.15, 0.2) is 5.16 Å². The smallest absolute Gasteiger partial charge is 0.187 e. The lowest BCUT2D eigenvalue weighted by Gasteiger charge is -2.22. The Morgan fingerprint density at radius 3 is 3.00 bits per heavy atom. The van der Waals surface area contributed by atoms with E-state index in [1.165, 1.54) is 12.8 Å². The van der Waals surface area contributed by atoms with Crippen molar-refractivity contribution in [1.82, 2.24) is 15.3 Å². The van der Waals surface area contributed by atoms with E-state index in [2.05, 4.69) is 21.4 Å². The van der Waals surface area contributed by atoms with Crippen molar-refractivity contribution >= 4 is 11.8 Å².